The largest absolute Gasteiger partial charge is 0.497 e. The zero-order chi connectivity index (χ0) is 13.5. The molecule has 0 aromatic heterocycles. The van der Waals surface area contributed by atoms with Crippen molar-refractivity contribution < 1.29 is 4.74 Å². The molecule has 100 valence electrons. The minimum absolute atomic E-state index is 0.527. The Kier molecular flexibility index (Phi) is 4.99. The summed E-state index contributed by atoms with van der Waals surface area (Å²) in [6.07, 6.45) is 0. The van der Waals surface area contributed by atoms with E-state index < -0.39 is 0 Å². The summed E-state index contributed by atoms with van der Waals surface area (Å²) in [5.74, 6) is 1.43. The summed E-state index contributed by atoms with van der Waals surface area (Å²) in [4.78, 5) is 0. The predicted molar refractivity (Wildman–Crippen MR) is 79.6 cm³/mol. The summed E-state index contributed by atoms with van der Waals surface area (Å²) in [7, 11) is 1.69. The van der Waals surface area contributed by atoms with Gasteiger partial charge in [0.1, 0.15) is 5.75 Å². The highest BCUT2D eigenvalue weighted by atomic mass is 16.5. The molecule has 0 aliphatic heterocycles. The van der Waals surface area contributed by atoms with E-state index in [1.54, 1.807) is 7.11 Å². The molecule has 0 aliphatic rings. The van der Waals surface area contributed by atoms with Crippen molar-refractivity contribution in [2.75, 3.05) is 13.7 Å². The molecular formula is C17H21NO. The van der Waals surface area contributed by atoms with Crippen molar-refractivity contribution in [2.24, 2.45) is 0 Å². The predicted octanol–water partition coefficient (Wildman–Crippen LogP) is 3.59. The van der Waals surface area contributed by atoms with Gasteiger partial charge in [0.05, 0.1) is 7.11 Å². The Bertz CT molecular complexity index is 478. The van der Waals surface area contributed by atoms with E-state index in [4.69, 9.17) is 4.74 Å². The fourth-order valence-corrected chi connectivity index (χ4v) is 2.08. The molecule has 19 heavy (non-hydrogen) atoms. The third-order valence-corrected chi connectivity index (χ3v) is 3.31. The van der Waals surface area contributed by atoms with Crippen LogP contribution in [0.25, 0.3) is 0 Å². The highest BCUT2D eigenvalue weighted by Crippen LogP contribution is 2.14. The molecule has 0 aliphatic carbocycles. The molecule has 0 saturated heterocycles. The number of benzene rings is 2. The van der Waals surface area contributed by atoms with E-state index in [2.05, 4.69) is 54.7 Å². The zero-order valence-electron chi connectivity index (χ0n) is 11.6. The van der Waals surface area contributed by atoms with Crippen molar-refractivity contribution >= 4 is 0 Å². The average molecular weight is 255 g/mol. The third-order valence-electron chi connectivity index (χ3n) is 3.31. The first-order valence-electron chi connectivity index (χ1n) is 6.68. The Labute approximate surface area is 115 Å². The van der Waals surface area contributed by atoms with E-state index in [-0.39, 0.29) is 0 Å². The topological polar surface area (TPSA) is 21.3 Å². The molecule has 0 bridgehead atoms. The molecule has 2 rings (SSSR count). The van der Waals surface area contributed by atoms with Gasteiger partial charge in [0.15, 0.2) is 0 Å². The van der Waals surface area contributed by atoms with Gasteiger partial charge in [-0.3, -0.25) is 0 Å². The van der Waals surface area contributed by atoms with Gasteiger partial charge in [0, 0.05) is 13.1 Å². The second-order valence-corrected chi connectivity index (χ2v) is 4.79. The van der Waals surface area contributed by atoms with Crippen LogP contribution < -0.4 is 10.1 Å². The Morgan fingerprint density at radius 2 is 1.68 bits per heavy atom. The monoisotopic (exact) mass is 255 g/mol. The molecule has 0 heterocycles. The van der Waals surface area contributed by atoms with Crippen molar-refractivity contribution in [3.63, 3.8) is 0 Å². The Morgan fingerprint density at radius 1 is 1.00 bits per heavy atom. The molecule has 2 heteroatoms. The third kappa shape index (κ3) is 4.11. The van der Waals surface area contributed by atoms with Crippen LogP contribution in [-0.4, -0.2) is 13.7 Å². The number of nitrogens with one attached hydrogen (secondary N) is 1. The van der Waals surface area contributed by atoms with Crippen LogP contribution in [0.1, 0.15) is 24.0 Å². The summed E-state index contributed by atoms with van der Waals surface area (Å²) in [5, 5.41) is 3.50. The van der Waals surface area contributed by atoms with Crippen LogP contribution in [0.3, 0.4) is 0 Å². The van der Waals surface area contributed by atoms with Crippen LogP contribution in [0.2, 0.25) is 0 Å². The van der Waals surface area contributed by atoms with Gasteiger partial charge < -0.3 is 10.1 Å². The quantitative estimate of drug-likeness (QED) is 0.851. The SMILES string of the molecule is COc1ccc(CNC[C@H](C)c2ccccc2)cc1. The van der Waals surface area contributed by atoms with E-state index in [0.717, 1.165) is 18.8 Å². The van der Waals surface area contributed by atoms with Crippen LogP contribution in [0, 0.1) is 0 Å². The molecule has 2 aromatic rings. The van der Waals surface area contributed by atoms with Gasteiger partial charge in [0.2, 0.25) is 0 Å². The molecule has 1 atom stereocenters. The van der Waals surface area contributed by atoms with E-state index in [1.165, 1.54) is 11.1 Å². The molecule has 2 aromatic carbocycles. The lowest BCUT2D eigenvalue weighted by atomic mass is 10.0. The first kappa shape index (κ1) is 13.6. The van der Waals surface area contributed by atoms with Crippen LogP contribution in [-0.2, 0) is 6.54 Å². The van der Waals surface area contributed by atoms with Gasteiger partial charge in [-0.15, -0.1) is 0 Å². The normalized spacial score (nSPS) is 12.1. The average Bonchev–Trinajstić information content (AvgIpc) is 2.49. The molecule has 2 nitrogen and oxygen atoms in total. The van der Waals surface area contributed by atoms with E-state index >= 15 is 0 Å². The molecular weight excluding hydrogens is 234 g/mol. The highest BCUT2D eigenvalue weighted by molar-refractivity contribution is 5.27. The number of methoxy groups -OCH3 is 1. The highest BCUT2D eigenvalue weighted by Gasteiger charge is 2.03. The first-order valence-corrected chi connectivity index (χ1v) is 6.68. The van der Waals surface area contributed by atoms with Gasteiger partial charge >= 0.3 is 0 Å². The van der Waals surface area contributed by atoms with Crippen LogP contribution in [0.4, 0.5) is 0 Å². The lowest BCUT2D eigenvalue weighted by molar-refractivity contribution is 0.414. The van der Waals surface area contributed by atoms with Crippen LogP contribution >= 0.6 is 0 Å². The van der Waals surface area contributed by atoms with Gasteiger partial charge in [0.25, 0.3) is 0 Å². The van der Waals surface area contributed by atoms with E-state index in [1.807, 2.05) is 12.1 Å². The molecule has 1 N–H and O–H groups in total. The maximum atomic E-state index is 5.15. The van der Waals surface area contributed by atoms with Crippen molar-refractivity contribution in [2.45, 2.75) is 19.4 Å². The van der Waals surface area contributed by atoms with Crippen LogP contribution in [0.5, 0.6) is 5.75 Å². The Morgan fingerprint density at radius 3 is 2.32 bits per heavy atom. The molecule has 0 spiro atoms. The second kappa shape index (κ2) is 6.95. The van der Waals surface area contributed by atoms with Gasteiger partial charge in [-0.2, -0.15) is 0 Å². The minimum atomic E-state index is 0.527. The first-order chi connectivity index (χ1) is 9.29. The fourth-order valence-electron chi connectivity index (χ4n) is 2.08. The summed E-state index contributed by atoms with van der Waals surface area (Å²) >= 11 is 0. The Hall–Kier alpha value is -1.80. The molecule has 0 saturated carbocycles. The van der Waals surface area contributed by atoms with Crippen molar-refractivity contribution in [3.05, 3.63) is 65.7 Å². The zero-order valence-corrected chi connectivity index (χ0v) is 11.6. The lowest BCUT2D eigenvalue weighted by Gasteiger charge is -2.13. The van der Waals surface area contributed by atoms with E-state index in [9.17, 15) is 0 Å². The fraction of sp³-hybridized carbons (Fsp3) is 0.294. The molecule has 0 fully saturated rings. The van der Waals surface area contributed by atoms with Gasteiger partial charge in [-0.1, -0.05) is 49.4 Å². The molecule has 0 amide bonds. The second-order valence-electron chi connectivity index (χ2n) is 4.79. The summed E-state index contributed by atoms with van der Waals surface area (Å²) < 4.78 is 5.15. The number of hydrogen-bond donors (Lipinski definition) is 1. The van der Waals surface area contributed by atoms with Gasteiger partial charge in [-0.05, 0) is 29.2 Å². The summed E-state index contributed by atoms with van der Waals surface area (Å²) in [5.41, 5.74) is 2.66. The number of hydrogen-bond acceptors (Lipinski definition) is 2. The van der Waals surface area contributed by atoms with Crippen molar-refractivity contribution in [3.8, 4) is 5.75 Å². The maximum absolute atomic E-state index is 5.15. The molecule has 0 radical (unpaired) electrons. The standard InChI is InChI=1S/C17H21NO/c1-14(16-6-4-3-5-7-16)12-18-13-15-8-10-17(19-2)11-9-15/h3-11,14,18H,12-13H2,1-2H3/t14-/m0/s1. The number of ether oxygens (including phenoxy) is 1. The minimum Gasteiger partial charge on any atom is -0.497 e. The van der Waals surface area contributed by atoms with Crippen molar-refractivity contribution in [1.82, 2.24) is 5.32 Å². The van der Waals surface area contributed by atoms with Crippen LogP contribution in [0.15, 0.2) is 54.6 Å². The lowest BCUT2D eigenvalue weighted by Crippen LogP contribution is -2.19. The Balaban J connectivity index is 1.79. The summed E-state index contributed by atoms with van der Waals surface area (Å²) in [6.45, 7) is 4.12. The summed E-state index contributed by atoms with van der Waals surface area (Å²) in [6, 6.07) is 18.8. The van der Waals surface area contributed by atoms with E-state index in [0.29, 0.717) is 5.92 Å². The maximum Gasteiger partial charge on any atom is 0.118 e. The molecule has 0 unspecified atom stereocenters. The van der Waals surface area contributed by atoms with Crippen molar-refractivity contribution in [1.29, 1.82) is 0 Å². The smallest absolute Gasteiger partial charge is 0.118 e. The number of rotatable bonds is 6. The van der Waals surface area contributed by atoms with Gasteiger partial charge in [-0.25, -0.2) is 0 Å².